The van der Waals surface area contributed by atoms with Crippen molar-refractivity contribution in [2.45, 2.75) is 13.8 Å². The molecule has 0 fully saturated rings. The lowest BCUT2D eigenvalue weighted by atomic mass is 10.2. The van der Waals surface area contributed by atoms with Gasteiger partial charge < -0.3 is 9.84 Å². The summed E-state index contributed by atoms with van der Waals surface area (Å²) in [5.74, 6) is 0.286. The van der Waals surface area contributed by atoms with Gasteiger partial charge in [0.25, 0.3) is 5.91 Å². The summed E-state index contributed by atoms with van der Waals surface area (Å²) in [6, 6.07) is 1.60. The van der Waals surface area contributed by atoms with Gasteiger partial charge in [-0.15, -0.1) is 11.3 Å². The third-order valence-electron chi connectivity index (χ3n) is 2.21. The zero-order valence-electron chi connectivity index (χ0n) is 8.40. The number of nitrogens with one attached hydrogen (secondary N) is 1. The number of nitrogens with zero attached hydrogens (tertiary/aromatic N) is 1. The second-order valence-electron chi connectivity index (χ2n) is 3.17. The van der Waals surface area contributed by atoms with Crippen molar-refractivity contribution in [3.8, 4) is 0 Å². The number of hydrogen-bond donors (Lipinski definition) is 1. The summed E-state index contributed by atoms with van der Waals surface area (Å²) in [7, 11) is 0. The molecule has 1 N–H and O–H groups in total. The quantitative estimate of drug-likeness (QED) is 0.849. The fourth-order valence-corrected chi connectivity index (χ4v) is 2.06. The van der Waals surface area contributed by atoms with Gasteiger partial charge in [0, 0.05) is 16.3 Å². The molecule has 2 rings (SSSR count). The number of thiophene rings is 1. The van der Waals surface area contributed by atoms with E-state index in [1.165, 1.54) is 6.26 Å². The Bertz CT molecular complexity index is 474. The van der Waals surface area contributed by atoms with E-state index in [4.69, 9.17) is 0 Å². The summed E-state index contributed by atoms with van der Waals surface area (Å²) in [5.41, 5.74) is 1.71. The monoisotopic (exact) mass is 222 g/mol. The van der Waals surface area contributed by atoms with E-state index < -0.39 is 0 Å². The minimum absolute atomic E-state index is 0.147. The van der Waals surface area contributed by atoms with Crippen LogP contribution in [0.15, 0.2) is 22.2 Å². The first-order valence-corrected chi connectivity index (χ1v) is 5.33. The number of carbonyl (C=O) groups excluding carboxylic acids is 1. The number of rotatable bonds is 2. The Morgan fingerprint density at radius 1 is 1.53 bits per heavy atom. The van der Waals surface area contributed by atoms with E-state index >= 15 is 0 Å². The molecular formula is C10H10N2O2S. The zero-order valence-corrected chi connectivity index (χ0v) is 9.22. The van der Waals surface area contributed by atoms with E-state index in [1.54, 1.807) is 17.4 Å². The first kappa shape index (κ1) is 9.92. The lowest BCUT2D eigenvalue weighted by molar-refractivity contribution is 0.102. The van der Waals surface area contributed by atoms with Crippen LogP contribution in [-0.2, 0) is 0 Å². The highest BCUT2D eigenvalue weighted by Crippen LogP contribution is 2.21. The van der Waals surface area contributed by atoms with Crippen LogP contribution in [0.4, 0.5) is 5.82 Å². The standard InChI is InChI=1S/C10H10N2O2S/c1-6-7(2)15-5-8(6)10(13)11-9-3-4-14-12-9/h3-5H,1-2H3,(H,11,12,13). The lowest BCUT2D eigenvalue weighted by Gasteiger charge is -2.00. The van der Waals surface area contributed by atoms with Crippen molar-refractivity contribution in [3.63, 3.8) is 0 Å². The maximum atomic E-state index is 11.8. The summed E-state index contributed by atoms with van der Waals surface area (Å²) in [4.78, 5) is 12.9. The van der Waals surface area contributed by atoms with Gasteiger partial charge in [-0.3, -0.25) is 4.79 Å². The number of aryl methyl sites for hydroxylation is 1. The molecule has 0 spiro atoms. The maximum Gasteiger partial charge on any atom is 0.258 e. The molecular weight excluding hydrogens is 212 g/mol. The van der Waals surface area contributed by atoms with Gasteiger partial charge in [0.15, 0.2) is 5.82 Å². The van der Waals surface area contributed by atoms with Crippen molar-refractivity contribution < 1.29 is 9.32 Å². The first-order valence-electron chi connectivity index (χ1n) is 4.45. The molecule has 0 saturated heterocycles. The topological polar surface area (TPSA) is 55.1 Å². The van der Waals surface area contributed by atoms with Gasteiger partial charge in [-0.25, -0.2) is 0 Å². The van der Waals surface area contributed by atoms with Gasteiger partial charge in [-0.05, 0) is 19.4 Å². The lowest BCUT2D eigenvalue weighted by Crippen LogP contribution is -2.12. The largest absolute Gasteiger partial charge is 0.363 e. The van der Waals surface area contributed by atoms with E-state index in [9.17, 15) is 4.79 Å². The van der Waals surface area contributed by atoms with Gasteiger partial charge in [0.1, 0.15) is 6.26 Å². The third-order valence-corrected chi connectivity index (χ3v) is 3.22. The minimum Gasteiger partial charge on any atom is -0.363 e. The highest BCUT2D eigenvalue weighted by molar-refractivity contribution is 7.10. The minimum atomic E-state index is -0.147. The molecule has 0 aliphatic carbocycles. The number of hydrogen-bond acceptors (Lipinski definition) is 4. The van der Waals surface area contributed by atoms with Gasteiger partial charge in [-0.2, -0.15) is 0 Å². The van der Waals surface area contributed by atoms with E-state index in [-0.39, 0.29) is 5.91 Å². The number of anilines is 1. The Morgan fingerprint density at radius 2 is 2.33 bits per heavy atom. The molecule has 0 bridgehead atoms. The number of amides is 1. The predicted octanol–water partition coefficient (Wildman–Crippen LogP) is 2.61. The Hall–Kier alpha value is -1.62. The van der Waals surface area contributed by atoms with Crippen LogP contribution in [0.3, 0.4) is 0 Å². The van der Waals surface area contributed by atoms with Crippen molar-refractivity contribution in [2.24, 2.45) is 0 Å². The summed E-state index contributed by atoms with van der Waals surface area (Å²) in [5, 5.41) is 8.12. The smallest absolute Gasteiger partial charge is 0.258 e. The van der Waals surface area contributed by atoms with Gasteiger partial charge in [0.05, 0.1) is 5.56 Å². The molecule has 0 unspecified atom stereocenters. The molecule has 78 valence electrons. The second kappa shape index (κ2) is 3.86. The highest BCUT2D eigenvalue weighted by Gasteiger charge is 2.13. The van der Waals surface area contributed by atoms with Crippen molar-refractivity contribution in [2.75, 3.05) is 5.32 Å². The second-order valence-corrected chi connectivity index (χ2v) is 4.25. The molecule has 0 atom stereocenters. The maximum absolute atomic E-state index is 11.8. The van der Waals surface area contributed by atoms with Crippen LogP contribution in [0, 0.1) is 13.8 Å². The van der Waals surface area contributed by atoms with Crippen LogP contribution in [0.2, 0.25) is 0 Å². The van der Waals surface area contributed by atoms with Gasteiger partial charge in [0.2, 0.25) is 0 Å². The molecule has 0 saturated carbocycles. The summed E-state index contributed by atoms with van der Waals surface area (Å²) in [6.07, 6.45) is 1.42. The van der Waals surface area contributed by atoms with Crippen LogP contribution in [-0.4, -0.2) is 11.1 Å². The Morgan fingerprint density at radius 3 is 2.87 bits per heavy atom. The van der Waals surface area contributed by atoms with E-state index in [0.717, 1.165) is 10.4 Å². The predicted molar refractivity (Wildman–Crippen MR) is 58.2 cm³/mol. The highest BCUT2D eigenvalue weighted by atomic mass is 32.1. The van der Waals surface area contributed by atoms with E-state index in [2.05, 4.69) is 15.0 Å². The molecule has 4 nitrogen and oxygen atoms in total. The van der Waals surface area contributed by atoms with Crippen LogP contribution in [0.5, 0.6) is 0 Å². The van der Waals surface area contributed by atoms with Crippen molar-refractivity contribution in [1.82, 2.24) is 5.16 Å². The number of aromatic nitrogens is 1. The fraction of sp³-hybridized carbons (Fsp3) is 0.200. The molecule has 2 heterocycles. The van der Waals surface area contributed by atoms with E-state index in [1.807, 2.05) is 19.2 Å². The van der Waals surface area contributed by atoms with Crippen molar-refractivity contribution in [1.29, 1.82) is 0 Å². The fourth-order valence-electron chi connectivity index (χ4n) is 1.20. The average molecular weight is 222 g/mol. The molecule has 2 aromatic rings. The van der Waals surface area contributed by atoms with Crippen LogP contribution in [0.25, 0.3) is 0 Å². The molecule has 1 amide bonds. The molecule has 5 heteroatoms. The van der Waals surface area contributed by atoms with Crippen LogP contribution >= 0.6 is 11.3 Å². The molecule has 0 radical (unpaired) electrons. The zero-order chi connectivity index (χ0) is 10.8. The Balaban J connectivity index is 2.19. The van der Waals surface area contributed by atoms with Gasteiger partial charge in [-0.1, -0.05) is 5.16 Å². The molecule has 0 aliphatic rings. The Kier molecular flexibility index (Phi) is 2.55. The molecule has 15 heavy (non-hydrogen) atoms. The van der Waals surface area contributed by atoms with Crippen molar-refractivity contribution >= 4 is 23.1 Å². The summed E-state index contributed by atoms with van der Waals surface area (Å²) in [6.45, 7) is 3.93. The normalized spacial score (nSPS) is 10.3. The first-order chi connectivity index (χ1) is 7.18. The van der Waals surface area contributed by atoms with E-state index in [0.29, 0.717) is 11.4 Å². The average Bonchev–Trinajstić information content (AvgIpc) is 2.79. The summed E-state index contributed by atoms with van der Waals surface area (Å²) < 4.78 is 4.62. The molecule has 2 aromatic heterocycles. The third kappa shape index (κ3) is 1.92. The SMILES string of the molecule is Cc1scc(C(=O)Nc2ccon2)c1C. The number of carbonyl (C=O) groups is 1. The molecule has 0 aromatic carbocycles. The Labute approximate surface area is 90.9 Å². The van der Waals surface area contributed by atoms with Crippen molar-refractivity contribution in [3.05, 3.63) is 33.7 Å². The summed E-state index contributed by atoms with van der Waals surface area (Å²) >= 11 is 1.57. The van der Waals surface area contributed by atoms with Crippen LogP contribution < -0.4 is 5.32 Å². The van der Waals surface area contributed by atoms with Gasteiger partial charge >= 0.3 is 0 Å². The van der Waals surface area contributed by atoms with Crippen LogP contribution in [0.1, 0.15) is 20.8 Å². The molecule has 0 aliphatic heterocycles.